The predicted octanol–water partition coefficient (Wildman–Crippen LogP) is 5.70. The molecule has 2 nitrogen and oxygen atoms in total. The second kappa shape index (κ2) is 10.7. The Bertz CT molecular complexity index is 572. The van der Waals surface area contributed by atoms with Gasteiger partial charge in [-0.25, -0.2) is 0 Å². The third kappa shape index (κ3) is 7.00. The van der Waals surface area contributed by atoms with Crippen molar-refractivity contribution in [1.29, 1.82) is 0 Å². The number of piperazine rings is 1. The first-order valence-corrected chi connectivity index (χ1v) is 8.37. The van der Waals surface area contributed by atoms with Crippen molar-refractivity contribution < 1.29 is 26.3 Å². The number of halogens is 8. The van der Waals surface area contributed by atoms with Gasteiger partial charge in [0, 0.05) is 32.2 Å². The van der Waals surface area contributed by atoms with E-state index in [9.17, 15) is 26.3 Å². The van der Waals surface area contributed by atoms with Crippen LogP contribution in [-0.4, -0.2) is 31.1 Å². The average molecular weight is 441 g/mol. The maximum atomic E-state index is 13.4. The summed E-state index contributed by atoms with van der Waals surface area (Å²) < 4.78 is 79.4. The van der Waals surface area contributed by atoms with Crippen LogP contribution in [0, 0.1) is 0 Å². The molecule has 1 heterocycles. The molecule has 2 rings (SSSR count). The van der Waals surface area contributed by atoms with Gasteiger partial charge in [-0.05, 0) is 30.2 Å². The van der Waals surface area contributed by atoms with Gasteiger partial charge >= 0.3 is 12.4 Å². The minimum absolute atomic E-state index is 0. The molecule has 1 aromatic rings. The molecule has 1 fully saturated rings. The lowest BCUT2D eigenvalue weighted by molar-refractivity contribution is -0.142. The smallest absolute Gasteiger partial charge is 0.314 e. The third-order valence-corrected chi connectivity index (χ3v) is 4.47. The van der Waals surface area contributed by atoms with Crippen LogP contribution >= 0.6 is 24.8 Å². The number of benzene rings is 1. The van der Waals surface area contributed by atoms with Gasteiger partial charge in [-0.3, -0.25) is 4.90 Å². The summed E-state index contributed by atoms with van der Waals surface area (Å²) in [6.07, 6.45) is -7.53. The van der Waals surface area contributed by atoms with E-state index < -0.39 is 29.5 Å². The van der Waals surface area contributed by atoms with E-state index in [1.54, 1.807) is 0 Å². The van der Waals surface area contributed by atoms with Gasteiger partial charge in [-0.15, -0.1) is 24.8 Å². The van der Waals surface area contributed by atoms with Gasteiger partial charge in [-0.2, -0.15) is 26.3 Å². The fourth-order valence-corrected chi connectivity index (χ4v) is 3.20. The largest absolute Gasteiger partial charge is 0.416 e. The summed E-state index contributed by atoms with van der Waals surface area (Å²) in [6.45, 7) is 4.17. The van der Waals surface area contributed by atoms with Crippen LogP contribution in [0.25, 0.3) is 0 Å². The maximum Gasteiger partial charge on any atom is 0.416 e. The quantitative estimate of drug-likeness (QED) is 0.590. The first-order chi connectivity index (χ1) is 11.6. The second-order valence-corrected chi connectivity index (χ2v) is 6.24. The Balaban J connectivity index is 0.00000338. The summed E-state index contributed by atoms with van der Waals surface area (Å²) in [6, 6.07) is 1.10. The van der Waals surface area contributed by atoms with Crippen LogP contribution in [0.15, 0.2) is 18.2 Å². The Morgan fingerprint density at radius 2 is 1.59 bits per heavy atom. The third-order valence-electron chi connectivity index (χ3n) is 4.47. The Morgan fingerprint density at radius 1 is 1.00 bits per heavy atom. The molecule has 0 spiro atoms. The summed E-state index contributed by atoms with van der Waals surface area (Å²) >= 11 is 0. The van der Waals surface area contributed by atoms with Crippen LogP contribution in [0.2, 0.25) is 0 Å². The van der Waals surface area contributed by atoms with Crippen molar-refractivity contribution in [2.45, 2.75) is 44.6 Å². The second-order valence-electron chi connectivity index (χ2n) is 6.24. The Morgan fingerprint density at radius 3 is 2.07 bits per heavy atom. The molecular weight excluding hydrogens is 417 g/mol. The Kier molecular flexibility index (Phi) is 10.5. The predicted molar refractivity (Wildman–Crippen MR) is 97.7 cm³/mol. The zero-order valence-corrected chi connectivity index (χ0v) is 16.4. The minimum atomic E-state index is -4.68. The van der Waals surface area contributed by atoms with Crippen LogP contribution in [0.3, 0.4) is 0 Å². The summed E-state index contributed by atoms with van der Waals surface area (Å²) in [4.78, 5) is 1.86. The van der Waals surface area contributed by atoms with E-state index in [1.807, 2.05) is 11.8 Å². The molecule has 0 saturated carbocycles. The Labute approximate surface area is 167 Å². The highest BCUT2D eigenvalue weighted by molar-refractivity contribution is 5.85. The zero-order valence-electron chi connectivity index (χ0n) is 14.8. The lowest BCUT2D eigenvalue weighted by atomic mass is 9.92. The number of nitrogens with zero attached hydrogens (tertiary/aromatic N) is 1. The van der Waals surface area contributed by atoms with Crippen LogP contribution < -0.4 is 5.32 Å². The van der Waals surface area contributed by atoms with Gasteiger partial charge in [0.25, 0.3) is 0 Å². The number of hydrogen-bond donors (Lipinski definition) is 1. The molecule has 0 unspecified atom stereocenters. The maximum absolute atomic E-state index is 13.4. The standard InChI is InChI=1S/C17H22F6N2.2ClH/c1-2-3-4-15(25-9-7-24-8-10-25)13-11-12(16(18,19)20)5-6-14(13)17(21,22)23;;/h5-6,11,15,24H,2-4,7-10H2,1H3;2*1H/t15-;;/m1../s1. The van der Waals surface area contributed by atoms with Crippen LogP contribution in [0.4, 0.5) is 26.3 Å². The van der Waals surface area contributed by atoms with E-state index in [-0.39, 0.29) is 30.4 Å². The number of alkyl halides is 6. The summed E-state index contributed by atoms with van der Waals surface area (Å²) in [5, 5.41) is 3.11. The Hall–Kier alpha value is -0.700. The number of nitrogens with one attached hydrogen (secondary N) is 1. The van der Waals surface area contributed by atoms with Gasteiger partial charge < -0.3 is 5.32 Å². The monoisotopic (exact) mass is 440 g/mol. The van der Waals surface area contributed by atoms with Gasteiger partial charge in [0.1, 0.15) is 0 Å². The number of unbranched alkanes of at least 4 members (excludes halogenated alkanes) is 1. The zero-order chi connectivity index (χ0) is 18.7. The van der Waals surface area contributed by atoms with E-state index in [4.69, 9.17) is 0 Å². The molecular formula is C17H24Cl2F6N2. The van der Waals surface area contributed by atoms with Crippen molar-refractivity contribution in [3.05, 3.63) is 34.9 Å². The summed E-state index contributed by atoms with van der Waals surface area (Å²) in [5.74, 6) is 0. The molecule has 1 aliphatic heterocycles. The average Bonchev–Trinajstić information content (AvgIpc) is 2.54. The molecule has 0 aliphatic carbocycles. The van der Waals surface area contributed by atoms with Gasteiger partial charge in [0.2, 0.25) is 0 Å². The fourth-order valence-electron chi connectivity index (χ4n) is 3.20. The first-order valence-electron chi connectivity index (χ1n) is 8.37. The molecule has 0 aromatic heterocycles. The molecule has 158 valence electrons. The van der Waals surface area contributed by atoms with Crippen LogP contribution in [-0.2, 0) is 12.4 Å². The molecule has 1 N–H and O–H groups in total. The highest BCUT2D eigenvalue weighted by Gasteiger charge is 2.39. The van der Waals surface area contributed by atoms with E-state index in [1.165, 1.54) is 0 Å². The summed E-state index contributed by atoms with van der Waals surface area (Å²) in [5.41, 5.74) is -2.27. The first kappa shape index (κ1) is 26.3. The molecule has 1 aliphatic rings. The van der Waals surface area contributed by atoms with E-state index >= 15 is 0 Å². The molecule has 0 bridgehead atoms. The molecule has 0 amide bonds. The highest BCUT2D eigenvalue weighted by atomic mass is 35.5. The van der Waals surface area contributed by atoms with Gasteiger partial charge in [0.15, 0.2) is 0 Å². The van der Waals surface area contributed by atoms with Crippen molar-refractivity contribution in [1.82, 2.24) is 10.2 Å². The van der Waals surface area contributed by atoms with Crippen molar-refractivity contribution >= 4 is 24.8 Å². The van der Waals surface area contributed by atoms with Crippen molar-refractivity contribution in [3.63, 3.8) is 0 Å². The fraction of sp³-hybridized carbons (Fsp3) is 0.647. The van der Waals surface area contributed by atoms with Crippen molar-refractivity contribution in [3.8, 4) is 0 Å². The molecule has 27 heavy (non-hydrogen) atoms. The normalized spacial score (nSPS) is 17.0. The molecule has 1 aromatic carbocycles. The van der Waals surface area contributed by atoms with E-state index in [0.717, 1.165) is 6.42 Å². The lowest BCUT2D eigenvalue weighted by Crippen LogP contribution is -2.45. The number of rotatable bonds is 5. The van der Waals surface area contributed by atoms with E-state index in [0.29, 0.717) is 57.2 Å². The van der Waals surface area contributed by atoms with Crippen molar-refractivity contribution in [2.24, 2.45) is 0 Å². The van der Waals surface area contributed by atoms with E-state index in [2.05, 4.69) is 5.32 Å². The van der Waals surface area contributed by atoms with Gasteiger partial charge in [0.05, 0.1) is 11.1 Å². The highest BCUT2D eigenvalue weighted by Crippen LogP contribution is 2.41. The minimum Gasteiger partial charge on any atom is -0.314 e. The number of hydrogen-bond acceptors (Lipinski definition) is 2. The molecule has 1 saturated heterocycles. The van der Waals surface area contributed by atoms with Crippen LogP contribution in [0.5, 0.6) is 0 Å². The van der Waals surface area contributed by atoms with Crippen LogP contribution in [0.1, 0.15) is 48.9 Å². The molecule has 1 atom stereocenters. The SMILES string of the molecule is CCCC[C@H](c1cc(C(F)(F)F)ccc1C(F)(F)F)N1CCNCC1.Cl.Cl. The molecule has 0 radical (unpaired) electrons. The van der Waals surface area contributed by atoms with Crippen molar-refractivity contribution in [2.75, 3.05) is 26.2 Å². The van der Waals surface area contributed by atoms with Gasteiger partial charge in [-0.1, -0.05) is 19.8 Å². The lowest BCUT2D eigenvalue weighted by Gasteiger charge is -2.36. The topological polar surface area (TPSA) is 15.3 Å². The molecule has 10 heteroatoms. The summed E-state index contributed by atoms with van der Waals surface area (Å²) in [7, 11) is 0.